The molecule has 2 unspecified atom stereocenters. The summed E-state index contributed by atoms with van der Waals surface area (Å²) < 4.78 is 18.2. The van der Waals surface area contributed by atoms with E-state index in [4.69, 9.17) is 10.5 Å². The number of carbonyl (C=O) groups is 1. The van der Waals surface area contributed by atoms with Crippen LogP contribution in [0.5, 0.6) is 0 Å². The van der Waals surface area contributed by atoms with Crippen LogP contribution in [0.4, 0.5) is 14.9 Å². The van der Waals surface area contributed by atoms with E-state index in [1.54, 1.807) is 12.1 Å². The van der Waals surface area contributed by atoms with Gasteiger partial charge in [-0.15, -0.1) is 0 Å². The van der Waals surface area contributed by atoms with Crippen molar-refractivity contribution in [3.05, 3.63) is 65.5 Å². The number of hydrogen-bond acceptors (Lipinski definition) is 5. The molecule has 0 saturated carbocycles. The number of benzene rings is 2. The molecule has 2 rings (SSSR count). The molecule has 0 aliphatic carbocycles. The highest BCUT2D eigenvalue weighted by Crippen LogP contribution is 2.20. The minimum Gasteiger partial charge on any atom is -0.445 e. The number of anilines is 1. The van der Waals surface area contributed by atoms with E-state index < -0.39 is 24.1 Å². The first kappa shape index (κ1) is 17.7. The van der Waals surface area contributed by atoms with Crippen LogP contribution < -0.4 is 11.1 Å². The number of alkyl carbamates (subject to hydrolysis) is 1. The second kappa shape index (κ2) is 8.28. The van der Waals surface area contributed by atoms with Crippen molar-refractivity contribution in [2.75, 3.05) is 12.3 Å². The van der Waals surface area contributed by atoms with Gasteiger partial charge in [-0.25, -0.2) is 9.18 Å². The summed E-state index contributed by atoms with van der Waals surface area (Å²) in [5, 5.41) is 22.2. The fourth-order valence-electron chi connectivity index (χ4n) is 2.10. The van der Waals surface area contributed by atoms with Crippen molar-refractivity contribution < 1.29 is 24.1 Å². The molecule has 128 valence electrons. The van der Waals surface area contributed by atoms with E-state index in [9.17, 15) is 19.4 Å². The van der Waals surface area contributed by atoms with Crippen LogP contribution in [0.3, 0.4) is 0 Å². The number of hydrogen-bond donors (Lipinski definition) is 4. The third-order valence-corrected chi connectivity index (χ3v) is 3.32. The van der Waals surface area contributed by atoms with Crippen LogP contribution in [0.1, 0.15) is 17.2 Å². The molecule has 2 aromatic carbocycles. The lowest BCUT2D eigenvalue weighted by atomic mass is 10.0. The van der Waals surface area contributed by atoms with Crippen molar-refractivity contribution in [1.82, 2.24) is 5.32 Å². The Bertz CT molecular complexity index is 661. The van der Waals surface area contributed by atoms with Gasteiger partial charge in [0.2, 0.25) is 0 Å². The van der Waals surface area contributed by atoms with Crippen LogP contribution in [0, 0.1) is 5.82 Å². The predicted molar refractivity (Wildman–Crippen MR) is 86.4 cm³/mol. The second-order valence-electron chi connectivity index (χ2n) is 5.27. The van der Waals surface area contributed by atoms with Gasteiger partial charge in [0.25, 0.3) is 0 Å². The highest BCUT2D eigenvalue weighted by atomic mass is 19.1. The van der Waals surface area contributed by atoms with E-state index in [2.05, 4.69) is 5.32 Å². The van der Waals surface area contributed by atoms with Crippen molar-refractivity contribution in [2.45, 2.75) is 18.8 Å². The van der Waals surface area contributed by atoms with E-state index in [1.807, 2.05) is 18.2 Å². The Balaban J connectivity index is 1.81. The average molecular weight is 334 g/mol. The summed E-state index contributed by atoms with van der Waals surface area (Å²) in [7, 11) is 0. The number of nitrogens with two attached hydrogens (primary N) is 1. The largest absolute Gasteiger partial charge is 0.445 e. The molecule has 0 bridgehead atoms. The SMILES string of the molecule is Nc1cc(F)cc(C(O)C(O)CNC(=O)OCc2ccccc2)c1. The molecule has 6 nitrogen and oxygen atoms in total. The molecule has 0 radical (unpaired) electrons. The molecule has 1 amide bonds. The minimum absolute atomic E-state index is 0.0890. The molecule has 0 aliphatic heterocycles. The molecule has 0 aromatic heterocycles. The van der Waals surface area contributed by atoms with Crippen LogP contribution in [0.25, 0.3) is 0 Å². The Labute approximate surface area is 138 Å². The van der Waals surface area contributed by atoms with Gasteiger partial charge >= 0.3 is 6.09 Å². The number of carbonyl (C=O) groups excluding carboxylic acids is 1. The Hall–Kier alpha value is -2.64. The van der Waals surface area contributed by atoms with Crippen LogP contribution in [0.2, 0.25) is 0 Å². The number of nitrogens with one attached hydrogen (secondary N) is 1. The van der Waals surface area contributed by atoms with Gasteiger partial charge in [-0.05, 0) is 29.3 Å². The third kappa shape index (κ3) is 5.22. The Morgan fingerprint density at radius 1 is 1.21 bits per heavy atom. The average Bonchev–Trinajstić information content (AvgIpc) is 2.57. The molecule has 2 atom stereocenters. The van der Waals surface area contributed by atoms with Crippen molar-refractivity contribution in [1.29, 1.82) is 0 Å². The molecule has 0 spiro atoms. The molecule has 2 aromatic rings. The zero-order chi connectivity index (χ0) is 17.5. The number of aliphatic hydroxyl groups is 2. The lowest BCUT2D eigenvalue weighted by Gasteiger charge is -2.19. The van der Waals surface area contributed by atoms with Crippen LogP contribution in [-0.2, 0) is 11.3 Å². The zero-order valence-electron chi connectivity index (χ0n) is 12.9. The topological polar surface area (TPSA) is 105 Å². The number of nitrogen functional groups attached to an aromatic ring is 1. The summed E-state index contributed by atoms with van der Waals surface area (Å²) in [6.45, 7) is -0.170. The number of rotatable bonds is 6. The highest BCUT2D eigenvalue weighted by molar-refractivity contribution is 5.67. The van der Waals surface area contributed by atoms with E-state index in [0.717, 1.165) is 17.7 Å². The maximum Gasteiger partial charge on any atom is 0.407 e. The molecular weight excluding hydrogens is 315 g/mol. The van der Waals surface area contributed by atoms with E-state index in [-0.39, 0.29) is 24.4 Å². The van der Waals surface area contributed by atoms with Gasteiger partial charge in [-0.3, -0.25) is 0 Å². The van der Waals surface area contributed by atoms with E-state index in [1.165, 1.54) is 6.07 Å². The van der Waals surface area contributed by atoms with Gasteiger partial charge in [-0.2, -0.15) is 0 Å². The molecule has 0 saturated heterocycles. The van der Waals surface area contributed by atoms with Crippen molar-refractivity contribution in [3.8, 4) is 0 Å². The summed E-state index contributed by atoms with van der Waals surface area (Å²) in [6, 6.07) is 12.6. The Morgan fingerprint density at radius 3 is 2.58 bits per heavy atom. The number of halogens is 1. The number of ether oxygens (including phenoxy) is 1. The molecule has 0 aliphatic rings. The van der Waals surface area contributed by atoms with Gasteiger partial charge in [0.1, 0.15) is 24.6 Å². The van der Waals surface area contributed by atoms with E-state index in [0.29, 0.717) is 0 Å². The zero-order valence-corrected chi connectivity index (χ0v) is 12.9. The molecule has 7 heteroatoms. The summed E-state index contributed by atoms with van der Waals surface area (Å²) in [6.07, 6.45) is -3.46. The molecule has 0 heterocycles. The van der Waals surface area contributed by atoms with Crippen LogP contribution in [0.15, 0.2) is 48.5 Å². The van der Waals surface area contributed by atoms with Crippen molar-refractivity contribution in [3.63, 3.8) is 0 Å². The first-order chi connectivity index (χ1) is 11.5. The fraction of sp³-hybridized carbons (Fsp3) is 0.235. The van der Waals surface area contributed by atoms with Gasteiger partial charge in [0.05, 0.1) is 0 Å². The number of amides is 1. The fourth-order valence-corrected chi connectivity index (χ4v) is 2.10. The van der Waals surface area contributed by atoms with Gasteiger partial charge in [-0.1, -0.05) is 30.3 Å². The predicted octanol–water partition coefficient (Wildman–Crippen LogP) is 1.73. The van der Waals surface area contributed by atoms with Crippen LogP contribution >= 0.6 is 0 Å². The molecule has 24 heavy (non-hydrogen) atoms. The summed E-state index contributed by atoms with van der Waals surface area (Å²) >= 11 is 0. The lowest BCUT2D eigenvalue weighted by Crippen LogP contribution is -2.35. The third-order valence-electron chi connectivity index (χ3n) is 3.32. The first-order valence-corrected chi connectivity index (χ1v) is 7.32. The van der Waals surface area contributed by atoms with Crippen molar-refractivity contribution in [2.24, 2.45) is 0 Å². The highest BCUT2D eigenvalue weighted by Gasteiger charge is 2.20. The second-order valence-corrected chi connectivity index (χ2v) is 5.27. The molecule has 0 fully saturated rings. The minimum atomic E-state index is -1.39. The summed E-state index contributed by atoms with van der Waals surface area (Å²) in [5.41, 5.74) is 6.57. The smallest absolute Gasteiger partial charge is 0.407 e. The van der Waals surface area contributed by atoms with Crippen LogP contribution in [-0.4, -0.2) is 29.0 Å². The number of aliphatic hydroxyl groups excluding tert-OH is 2. The summed E-state index contributed by atoms with van der Waals surface area (Å²) in [4.78, 5) is 11.6. The van der Waals surface area contributed by atoms with Crippen molar-refractivity contribution >= 4 is 11.8 Å². The first-order valence-electron chi connectivity index (χ1n) is 7.32. The van der Waals surface area contributed by atoms with E-state index >= 15 is 0 Å². The Morgan fingerprint density at radius 2 is 1.92 bits per heavy atom. The standard InChI is InChI=1S/C17H19FN2O4/c18-13-6-12(7-14(19)8-13)16(22)15(21)9-20-17(23)24-10-11-4-2-1-3-5-11/h1-8,15-16,21-22H,9-10,19H2,(H,20,23). The van der Waals surface area contributed by atoms with Gasteiger partial charge in [0, 0.05) is 12.2 Å². The maximum absolute atomic E-state index is 13.3. The molecule has 5 N–H and O–H groups in total. The quantitative estimate of drug-likeness (QED) is 0.602. The molecular formula is C17H19FN2O4. The van der Waals surface area contributed by atoms with Gasteiger partial charge in [0.15, 0.2) is 0 Å². The monoisotopic (exact) mass is 334 g/mol. The maximum atomic E-state index is 13.3. The summed E-state index contributed by atoms with van der Waals surface area (Å²) in [5.74, 6) is -0.619. The lowest BCUT2D eigenvalue weighted by molar-refractivity contribution is 0.0183. The Kier molecular flexibility index (Phi) is 6.11. The van der Waals surface area contributed by atoms with Gasteiger partial charge < -0.3 is 26.0 Å². The normalized spacial score (nSPS) is 13.1.